The van der Waals surface area contributed by atoms with Crippen LogP contribution in [0.5, 0.6) is 0 Å². The number of ether oxygens (including phenoxy) is 1. The van der Waals surface area contributed by atoms with Crippen molar-refractivity contribution >= 4 is 17.7 Å². The fourth-order valence-electron chi connectivity index (χ4n) is 2.92. The molecule has 2 fully saturated rings. The molecule has 19 heavy (non-hydrogen) atoms. The van der Waals surface area contributed by atoms with E-state index in [4.69, 9.17) is 4.74 Å². The van der Waals surface area contributed by atoms with Gasteiger partial charge in [0.25, 0.3) is 0 Å². The van der Waals surface area contributed by atoms with E-state index in [0.29, 0.717) is 31.3 Å². The van der Waals surface area contributed by atoms with Gasteiger partial charge < -0.3 is 10.1 Å². The first kappa shape index (κ1) is 14.7. The normalized spacial score (nSPS) is 29.7. The highest BCUT2D eigenvalue weighted by Gasteiger charge is 2.42. The molecule has 1 amide bonds. The zero-order valence-electron chi connectivity index (χ0n) is 11.5. The van der Waals surface area contributed by atoms with Gasteiger partial charge in [0, 0.05) is 24.5 Å². The predicted molar refractivity (Wildman–Crippen MR) is 75.8 cm³/mol. The van der Waals surface area contributed by atoms with E-state index in [-0.39, 0.29) is 11.9 Å². The standard InChI is InChI=1S/C14H22N2O2S/c1-2-19-12-5-3-4-11(12)16-13(17)14(10-15)6-8-18-9-7-14/h11-12H,2-9H2,1H3,(H,16,17). The molecule has 1 saturated carbocycles. The molecule has 2 aliphatic rings. The summed E-state index contributed by atoms with van der Waals surface area (Å²) in [5, 5.41) is 13.0. The Morgan fingerprint density at radius 1 is 1.47 bits per heavy atom. The zero-order valence-corrected chi connectivity index (χ0v) is 12.3. The van der Waals surface area contributed by atoms with Gasteiger partial charge in [-0.25, -0.2) is 0 Å². The second kappa shape index (κ2) is 6.62. The van der Waals surface area contributed by atoms with Crippen molar-refractivity contribution in [3.8, 4) is 6.07 Å². The molecule has 1 heterocycles. The van der Waals surface area contributed by atoms with Crippen molar-refractivity contribution in [3.05, 3.63) is 0 Å². The molecule has 2 rings (SSSR count). The molecule has 0 aromatic carbocycles. The van der Waals surface area contributed by atoms with Gasteiger partial charge in [-0.15, -0.1) is 0 Å². The fraction of sp³-hybridized carbons (Fsp3) is 0.857. The van der Waals surface area contributed by atoms with Crippen molar-refractivity contribution in [1.29, 1.82) is 5.26 Å². The molecule has 1 saturated heterocycles. The quantitative estimate of drug-likeness (QED) is 0.857. The minimum absolute atomic E-state index is 0.0769. The lowest BCUT2D eigenvalue weighted by Gasteiger charge is -2.31. The van der Waals surface area contributed by atoms with Crippen molar-refractivity contribution in [2.24, 2.45) is 5.41 Å². The van der Waals surface area contributed by atoms with Gasteiger partial charge in [0.05, 0.1) is 6.07 Å². The number of hydrogen-bond donors (Lipinski definition) is 1. The lowest BCUT2D eigenvalue weighted by Crippen LogP contribution is -2.49. The van der Waals surface area contributed by atoms with E-state index in [1.165, 1.54) is 12.8 Å². The smallest absolute Gasteiger partial charge is 0.240 e. The van der Waals surface area contributed by atoms with Crippen LogP contribution < -0.4 is 5.32 Å². The first-order chi connectivity index (χ1) is 9.22. The highest BCUT2D eigenvalue weighted by atomic mass is 32.2. The summed E-state index contributed by atoms with van der Waals surface area (Å²) in [5.41, 5.74) is -0.859. The Kier molecular flexibility index (Phi) is 5.12. The summed E-state index contributed by atoms with van der Waals surface area (Å²) in [7, 11) is 0. The number of nitriles is 1. The van der Waals surface area contributed by atoms with Crippen molar-refractivity contribution in [2.75, 3.05) is 19.0 Å². The second-order valence-electron chi connectivity index (χ2n) is 5.31. The van der Waals surface area contributed by atoms with Crippen LogP contribution in [0.2, 0.25) is 0 Å². The van der Waals surface area contributed by atoms with E-state index in [1.54, 1.807) is 0 Å². The summed E-state index contributed by atoms with van der Waals surface area (Å²) >= 11 is 1.92. The van der Waals surface area contributed by atoms with Crippen LogP contribution in [0.4, 0.5) is 0 Å². The predicted octanol–water partition coefficient (Wildman–Crippen LogP) is 2.10. The molecule has 2 unspecified atom stereocenters. The SMILES string of the molecule is CCSC1CCCC1NC(=O)C1(C#N)CCOCC1. The average Bonchev–Trinajstić information content (AvgIpc) is 2.87. The number of hydrogen-bond acceptors (Lipinski definition) is 4. The number of carbonyl (C=O) groups excluding carboxylic acids is 1. The summed E-state index contributed by atoms with van der Waals surface area (Å²) in [6, 6.07) is 2.48. The molecule has 4 nitrogen and oxygen atoms in total. The van der Waals surface area contributed by atoms with Gasteiger partial charge >= 0.3 is 0 Å². The maximum absolute atomic E-state index is 12.5. The summed E-state index contributed by atoms with van der Waals surface area (Å²) < 4.78 is 5.27. The van der Waals surface area contributed by atoms with E-state index in [2.05, 4.69) is 18.3 Å². The Hall–Kier alpha value is -0.730. The van der Waals surface area contributed by atoms with Gasteiger partial charge in [-0.3, -0.25) is 4.79 Å². The Morgan fingerprint density at radius 2 is 2.21 bits per heavy atom. The highest BCUT2D eigenvalue weighted by molar-refractivity contribution is 7.99. The molecule has 0 spiro atoms. The van der Waals surface area contributed by atoms with Gasteiger partial charge in [-0.05, 0) is 31.4 Å². The van der Waals surface area contributed by atoms with E-state index in [9.17, 15) is 10.1 Å². The molecule has 106 valence electrons. The minimum atomic E-state index is -0.859. The average molecular weight is 282 g/mol. The van der Waals surface area contributed by atoms with Crippen molar-refractivity contribution in [3.63, 3.8) is 0 Å². The Morgan fingerprint density at radius 3 is 2.84 bits per heavy atom. The van der Waals surface area contributed by atoms with Gasteiger partial charge in [0.15, 0.2) is 0 Å². The number of carbonyl (C=O) groups is 1. The summed E-state index contributed by atoms with van der Waals surface area (Å²) in [5.74, 6) is 1.00. The summed E-state index contributed by atoms with van der Waals surface area (Å²) in [6.07, 6.45) is 4.43. The van der Waals surface area contributed by atoms with Crippen LogP contribution in [0, 0.1) is 16.7 Å². The zero-order chi connectivity index (χ0) is 13.7. The third kappa shape index (κ3) is 3.24. The molecule has 2 atom stereocenters. The molecule has 0 aromatic heterocycles. The Bertz CT molecular complexity index is 361. The first-order valence-corrected chi connectivity index (χ1v) is 8.18. The Labute approximate surface area is 119 Å². The molecule has 1 aliphatic carbocycles. The molecule has 0 radical (unpaired) electrons. The van der Waals surface area contributed by atoms with Crippen LogP contribution >= 0.6 is 11.8 Å². The molecule has 0 bridgehead atoms. The highest BCUT2D eigenvalue weighted by Crippen LogP contribution is 2.33. The van der Waals surface area contributed by atoms with Gasteiger partial charge in [-0.2, -0.15) is 17.0 Å². The third-order valence-electron chi connectivity index (χ3n) is 4.14. The van der Waals surface area contributed by atoms with Crippen LogP contribution in [-0.2, 0) is 9.53 Å². The van der Waals surface area contributed by atoms with Crippen molar-refractivity contribution < 1.29 is 9.53 Å². The van der Waals surface area contributed by atoms with Crippen LogP contribution in [0.15, 0.2) is 0 Å². The van der Waals surface area contributed by atoms with Gasteiger partial charge in [-0.1, -0.05) is 13.3 Å². The number of thioether (sulfide) groups is 1. The number of rotatable bonds is 4. The topological polar surface area (TPSA) is 62.1 Å². The molecular formula is C14H22N2O2S. The molecular weight excluding hydrogens is 260 g/mol. The summed E-state index contributed by atoms with van der Waals surface area (Å²) in [4.78, 5) is 12.5. The maximum Gasteiger partial charge on any atom is 0.240 e. The van der Waals surface area contributed by atoms with Crippen LogP contribution in [-0.4, -0.2) is 36.2 Å². The molecule has 1 N–H and O–H groups in total. The van der Waals surface area contributed by atoms with Crippen molar-refractivity contribution in [2.45, 2.75) is 50.3 Å². The van der Waals surface area contributed by atoms with Crippen LogP contribution in [0.1, 0.15) is 39.0 Å². The van der Waals surface area contributed by atoms with Crippen molar-refractivity contribution in [1.82, 2.24) is 5.32 Å². The second-order valence-corrected chi connectivity index (χ2v) is 6.83. The van der Waals surface area contributed by atoms with Gasteiger partial charge in [0.1, 0.15) is 5.41 Å². The van der Waals surface area contributed by atoms with E-state index in [0.717, 1.165) is 12.2 Å². The van der Waals surface area contributed by atoms with E-state index >= 15 is 0 Å². The van der Waals surface area contributed by atoms with Crippen LogP contribution in [0.3, 0.4) is 0 Å². The monoisotopic (exact) mass is 282 g/mol. The van der Waals surface area contributed by atoms with Gasteiger partial charge in [0.2, 0.25) is 5.91 Å². The molecule has 1 aliphatic heterocycles. The third-order valence-corrected chi connectivity index (χ3v) is 5.47. The Balaban J connectivity index is 1.97. The lowest BCUT2D eigenvalue weighted by molar-refractivity contribution is -0.133. The van der Waals surface area contributed by atoms with E-state index in [1.807, 2.05) is 11.8 Å². The minimum Gasteiger partial charge on any atom is -0.381 e. The molecule has 5 heteroatoms. The number of nitrogens with zero attached hydrogens (tertiary/aromatic N) is 1. The number of amides is 1. The largest absolute Gasteiger partial charge is 0.381 e. The summed E-state index contributed by atoms with van der Waals surface area (Å²) in [6.45, 7) is 3.18. The maximum atomic E-state index is 12.5. The first-order valence-electron chi connectivity index (χ1n) is 7.13. The molecule has 0 aromatic rings. The van der Waals surface area contributed by atoms with Crippen LogP contribution in [0.25, 0.3) is 0 Å². The number of nitrogens with one attached hydrogen (secondary N) is 1. The van der Waals surface area contributed by atoms with E-state index < -0.39 is 5.41 Å². The lowest BCUT2D eigenvalue weighted by atomic mass is 9.80. The fourth-order valence-corrected chi connectivity index (χ4v) is 4.12.